The molecule has 0 aliphatic rings. The summed E-state index contributed by atoms with van der Waals surface area (Å²) in [6.07, 6.45) is 20.0. The number of ether oxygens (including phenoxy) is 2. The van der Waals surface area contributed by atoms with Crippen molar-refractivity contribution < 1.29 is 24.0 Å². The number of unbranched alkanes of at least 4 members (excludes halogenated alkanes) is 16. The van der Waals surface area contributed by atoms with E-state index in [2.05, 4.69) is 28.7 Å². The third kappa shape index (κ3) is 17.8. The van der Waals surface area contributed by atoms with Crippen molar-refractivity contribution in [1.29, 1.82) is 0 Å². The first-order valence-corrected chi connectivity index (χ1v) is 15.3. The maximum absolute atomic E-state index is 12.7. The van der Waals surface area contributed by atoms with Gasteiger partial charge in [-0.3, -0.25) is 10.1 Å². The number of rotatable bonds is 23. The van der Waals surface area contributed by atoms with Gasteiger partial charge in [-0.25, -0.2) is 14.6 Å². The number of pyridine rings is 1. The standard InChI is InChI=1S/C33H48N2O6/c1-3-5-7-9-11-13-15-17-19-21-23-25-40-32(36)30-27-29(35(38)39)28-34-31(30)33(37)41-26-24-22-20-18-16-14-12-10-8-6-4-2/h27-28H,7-26H2,1-2H3. The van der Waals surface area contributed by atoms with Crippen LogP contribution in [0.5, 0.6) is 0 Å². The molecule has 8 nitrogen and oxygen atoms in total. The van der Waals surface area contributed by atoms with Crippen LogP contribution in [0.2, 0.25) is 0 Å². The molecule has 0 fully saturated rings. The average Bonchev–Trinajstić information content (AvgIpc) is 2.97. The highest BCUT2D eigenvalue weighted by molar-refractivity contribution is 6.02. The molecule has 1 aromatic heterocycles. The third-order valence-corrected chi connectivity index (χ3v) is 6.71. The van der Waals surface area contributed by atoms with Gasteiger partial charge in [0.25, 0.3) is 5.69 Å². The maximum Gasteiger partial charge on any atom is 0.357 e. The molecule has 0 saturated carbocycles. The summed E-state index contributed by atoms with van der Waals surface area (Å²) in [7, 11) is 0. The summed E-state index contributed by atoms with van der Waals surface area (Å²) in [5, 5.41) is 11.2. The monoisotopic (exact) mass is 568 g/mol. The minimum absolute atomic E-state index is 0.179. The molecule has 0 amide bonds. The second-order valence-electron chi connectivity index (χ2n) is 10.1. The Morgan fingerprint density at radius 2 is 1.12 bits per heavy atom. The van der Waals surface area contributed by atoms with Gasteiger partial charge >= 0.3 is 11.9 Å². The predicted molar refractivity (Wildman–Crippen MR) is 161 cm³/mol. The Balaban J connectivity index is 2.35. The molecule has 0 bridgehead atoms. The summed E-state index contributed by atoms with van der Waals surface area (Å²) < 4.78 is 10.6. The van der Waals surface area contributed by atoms with Crippen molar-refractivity contribution in [2.45, 2.75) is 129 Å². The molecule has 0 unspecified atom stereocenters. The number of aromatic nitrogens is 1. The minimum atomic E-state index is -0.801. The Labute approximate surface area is 246 Å². The summed E-state index contributed by atoms with van der Waals surface area (Å²) in [4.78, 5) is 39.8. The van der Waals surface area contributed by atoms with Gasteiger partial charge in [-0.05, 0) is 39.5 Å². The molecule has 41 heavy (non-hydrogen) atoms. The summed E-state index contributed by atoms with van der Waals surface area (Å²) in [6.45, 7) is 4.11. The van der Waals surface area contributed by atoms with Gasteiger partial charge < -0.3 is 9.47 Å². The van der Waals surface area contributed by atoms with Crippen LogP contribution in [0, 0.1) is 33.8 Å². The van der Waals surface area contributed by atoms with Crippen LogP contribution < -0.4 is 0 Å². The fourth-order valence-electron chi connectivity index (χ4n) is 4.35. The Kier molecular flexibility index (Phi) is 21.2. The highest BCUT2D eigenvalue weighted by Crippen LogP contribution is 2.18. The van der Waals surface area contributed by atoms with Crippen molar-refractivity contribution in [2.24, 2.45) is 0 Å². The highest BCUT2D eigenvalue weighted by atomic mass is 16.6. The van der Waals surface area contributed by atoms with Gasteiger partial charge in [0.15, 0.2) is 5.69 Å². The van der Waals surface area contributed by atoms with Crippen molar-refractivity contribution in [3.8, 4) is 23.7 Å². The van der Waals surface area contributed by atoms with Crippen molar-refractivity contribution in [3.05, 3.63) is 33.6 Å². The normalized spacial score (nSPS) is 10.2. The fourth-order valence-corrected chi connectivity index (χ4v) is 4.35. The largest absolute Gasteiger partial charge is 0.462 e. The molecule has 0 atom stereocenters. The van der Waals surface area contributed by atoms with E-state index in [0.29, 0.717) is 12.8 Å². The second kappa shape index (κ2) is 24.4. The van der Waals surface area contributed by atoms with E-state index < -0.39 is 16.9 Å². The number of nitrogens with zero attached hydrogens (tertiary/aromatic N) is 2. The maximum atomic E-state index is 12.7. The zero-order valence-corrected chi connectivity index (χ0v) is 25.1. The summed E-state index contributed by atoms with van der Waals surface area (Å²) >= 11 is 0. The van der Waals surface area contributed by atoms with Crippen LogP contribution in [0.25, 0.3) is 0 Å². The molecular formula is C33H48N2O6. The van der Waals surface area contributed by atoms with Crippen molar-refractivity contribution in [2.75, 3.05) is 13.2 Å². The van der Waals surface area contributed by atoms with Crippen molar-refractivity contribution in [3.63, 3.8) is 0 Å². The number of hydrogen-bond donors (Lipinski definition) is 0. The van der Waals surface area contributed by atoms with Crippen LogP contribution in [-0.2, 0) is 9.47 Å². The average molecular weight is 569 g/mol. The van der Waals surface area contributed by atoms with E-state index in [4.69, 9.17) is 9.47 Å². The lowest BCUT2D eigenvalue weighted by Gasteiger charge is -2.09. The molecule has 1 heterocycles. The summed E-state index contributed by atoms with van der Waals surface area (Å²) in [6, 6.07) is 1.03. The molecule has 8 heteroatoms. The fraction of sp³-hybridized carbons (Fsp3) is 0.667. The van der Waals surface area contributed by atoms with Crippen LogP contribution >= 0.6 is 0 Å². The second-order valence-corrected chi connectivity index (χ2v) is 10.1. The molecule has 0 spiro atoms. The van der Waals surface area contributed by atoms with E-state index in [9.17, 15) is 19.7 Å². The van der Waals surface area contributed by atoms with E-state index in [1.54, 1.807) is 0 Å². The lowest BCUT2D eigenvalue weighted by molar-refractivity contribution is -0.385. The number of carbonyl (C=O) groups is 2. The van der Waals surface area contributed by atoms with Crippen molar-refractivity contribution >= 4 is 17.6 Å². The van der Waals surface area contributed by atoms with Gasteiger partial charge in [0.1, 0.15) is 6.20 Å². The molecule has 226 valence electrons. The SMILES string of the molecule is CC#CCCCCCCCCCCOC(=O)c1cc([N+](=O)[O-])cnc1C(=O)OCCCCCCCCCCC#CC. The molecule has 0 aliphatic heterocycles. The highest BCUT2D eigenvalue weighted by Gasteiger charge is 2.24. The molecule has 0 N–H and O–H groups in total. The Bertz CT molecular complexity index is 1030. The van der Waals surface area contributed by atoms with Crippen molar-refractivity contribution in [1.82, 2.24) is 4.98 Å². The number of nitro groups is 1. The van der Waals surface area contributed by atoms with Gasteiger partial charge in [0, 0.05) is 18.9 Å². The first kappa shape index (κ1) is 35.6. The Morgan fingerprint density at radius 1 is 0.707 bits per heavy atom. The number of hydrogen-bond acceptors (Lipinski definition) is 7. The molecule has 1 aromatic rings. The number of esters is 2. The summed E-state index contributed by atoms with van der Waals surface area (Å²) in [5.74, 6) is 10.4. The van der Waals surface area contributed by atoms with E-state index in [1.807, 2.05) is 13.8 Å². The zero-order valence-electron chi connectivity index (χ0n) is 25.1. The van der Waals surface area contributed by atoms with Gasteiger partial charge in [-0.1, -0.05) is 77.0 Å². The molecule has 0 saturated heterocycles. The third-order valence-electron chi connectivity index (χ3n) is 6.71. The van der Waals surface area contributed by atoms with Gasteiger partial charge in [-0.2, -0.15) is 0 Å². The molecular weight excluding hydrogens is 520 g/mol. The summed E-state index contributed by atoms with van der Waals surface area (Å²) in [5.41, 5.74) is -0.867. The van der Waals surface area contributed by atoms with E-state index in [1.165, 1.54) is 38.5 Å². The van der Waals surface area contributed by atoms with Gasteiger partial charge in [-0.15, -0.1) is 23.7 Å². The van der Waals surface area contributed by atoms with E-state index in [0.717, 1.165) is 76.5 Å². The Morgan fingerprint density at radius 3 is 1.56 bits per heavy atom. The molecule has 0 radical (unpaired) electrons. The number of carbonyl (C=O) groups excluding carboxylic acids is 2. The van der Waals surface area contributed by atoms with Crippen LogP contribution in [-0.4, -0.2) is 35.1 Å². The quantitative estimate of drug-likeness (QED) is 0.0429. The molecule has 0 aromatic carbocycles. The van der Waals surface area contributed by atoms with E-state index in [-0.39, 0.29) is 30.2 Å². The topological polar surface area (TPSA) is 109 Å². The predicted octanol–water partition coefficient (Wildman–Crippen LogP) is 8.37. The first-order valence-electron chi connectivity index (χ1n) is 15.3. The smallest absolute Gasteiger partial charge is 0.357 e. The minimum Gasteiger partial charge on any atom is -0.462 e. The van der Waals surface area contributed by atoms with Crippen LogP contribution in [0.4, 0.5) is 5.69 Å². The van der Waals surface area contributed by atoms with Crippen LogP contribution in [0.3, 0.4) is 0 Å². The molecule has 0 aliphatic carbocycles. The molecule has 1 rings (SSSR count). The lowest BCUT2D eigenvalue weighted by atomic mass is 10.1. The van der Waals surface area contributed by atoms with E-state index >= 15 is 0 Å². The first-order chi connectivity index (χ1) is 20.0. The zero-order chi connectivity index (χ0) is 30.0. The Hall–Kier alpha value is -3.39. The van der Waals surface area contributed by atoms with Crippen LogP contribution in [0.15, 0.2) is 12.3 Å². The van der Waals surface area contributed by atoms with Gasteiger partial charge in [0.2, 0.25) is 0 Å². The van der Waals surface area contributed by atoms with Crippen LogP contribution in [0.1, 0.15) is 150 Å². The van der Waals surface area contributed by atoms with Gasteiger partial charge in [0.05, 0.1) is 23.7 Å². The lowest BCUT2D eigenvalue weighted by Crippen LogP contribution is -2.17.